The standard InChI is InChI=1S/C20H23BrN2O4S/c1-27-18-8-7-17(21)13-16(18)14-22-20(24)19(15-5-3-2-4-6-15)23-9-11-28(25,26)12-10-23/h2-8,13,19H,9-12,14H2,1H3,(H,22,24). The van der Waals surface area contributed by atoms with E-state index >= 15 is 0 Å². The average Bonchev–Trinajstić information content (AvgIpc) is 2.69. The maximum absolute atomic E-state index is 13.1. The zero-order valence-corrected chi connectivity index (χ0v) is 18.0. The second-order valence-electron chi connectivity index (χ2n) is 6.67. The summed E-state index contributed by atoms with van der Waals surface area (Å²) in [5, 5.41) is 2.99. The van der Waals surface area contributed by atoms with Crippen LogP contribution in [0.3, 0.4) is 0 Å². The highest BCUT2D eigenvalue weighted by Gasteiger charge is 2.32. The minimum atomic E-state index is -3.02. The largest absolute Gasteiger partial charge is 0.496 e. The van der Waals surface area contributed by atoms with E-state index in [2.05, 4.69) is 21.2 Å². The molecular weight excluding hydrogens is 444 g/mol. The Kier molecular flexibility index (Phi) is 6.74. The van der Waals surface area contributed by atoms with Crippen LogP contribution in [0.25, 0.3) is 0 Å². The number of nitrogens with zero attached hydrogens (tertiary/aromatic N) is 1. The van der Waals surface area contributed by atoms with Gasteiger partial charge in [0.1, 0.15) is 11.8 Å². The lowest BCUT2D eigenvalue weighted by Crippen LogP contribution is -2.47. The molecule has 0 saturated carbocycles. The molecule has 8 heteroatoms. The number of amides is 1. The van der Waals surface area contributed by atoms with Gasteiger partial charge in [0.25, 0.3) is 0 Å². The van der Waals surface area contributed by atoms with Crippen LogP contribution in [0.1, 0.15) is 17.2 Å². The summed E-state index contributed by atoms with van der Waals surface area (Å²) in [7, 11) is -1.43. The smallest absolute Gasteiger partial charge is 0.242 e. The van der Waals surface area contributed by atoms with Gasteiger partial charge in [-0.3, -0.25) is 9.69 Å². The first-order valence-corrected chi connectivity index (χ1v) is 11.6. The number of rotatable bonds is 6. The molecule has 1 aliphatic heterocycles. The molecule has 0 radical (unpaired) electrons. The molecule has 2 aromatic rings. The number of benzene rings is 2. The molecule has 1 atom stereocenters. The molecule has 1 fully saturated rings. The van der Waals surface area contributed by atoms with E-state index in [1.807, 2.05) is 53.4 Å². The van der Waals surface area contributed by atoms with E-state index in [0.29, 0.717) is 25.4 Å². The SMILES string of the molecule is COc1ccc(Br)cc1CNC(=O)C(c1ccccc1)N1CCS(=O)(=O)CC1. The van der Waals surface area contributed by atoms with Crippen molar-refractivity contribution >= 4 is 31.7 Å². The van der Waals surface area contributed by atoms with Gasteiger partial charge in [0, 0.05) is 29.7 Å². The van der Waals surface area contributed by atoms with Crippen molar-refractivity contribution in [1.82, 2.24) is 10.2 Å². The van der Waals surface area contributed by atoms with Gasteiger partial charge in [-0.05, 0) is 23.8 Å². The number of carbonyl (C=O) groups is 1. The molecule has 6 nitrogen and oxygen atoms in total. The summed E-state index contributed by atoms with van der Waals surface area (Å²) >= 11 is 3.44. The van der Waals surface area contributed by atoms with Crippen LogP contribution in [0, 0.1) is 0 Å². The molecule has 1 saturated heterocycles. The van der Waals surface area contributed by atoms with Crippen LogP contribution >= 0.6 is 15.9 Å². The molecule has 1 N–H and O–H groups in total. The second-order valence-corrected chi connectivity index (χ2v) is 9.89. The number of ether oxygens (including phenoxy) is 1. The number of sulfone groups is 1. The summed E-state index contributed by atoms with van der Waals surface area (Å²) < 4.78 is 29.9. The van der Waals surface area contributed by atoms with E-state index in [4.69, 9.17) is 4.74 Å². The highest BCUT2D eigenvalue weighted by Crippen LogP contribution is 2.25. The van der Waals surface area contributed by atoms with E-state index in [-0.39, 0.29) is 17.4 Å². The Morgan fingerprint density at radius 2 is 1.86 bits per heavy atom. The number of halogens is 1. The zero-order valence-electron chi connectivity index (χ0n) is 15.6. The first-order chi connectivity index (χ1) is 13.4. The second kappa shape index (κ2) is 9.07. The van der Waals surface area contributed by atoms with Crippen LogP contribution < -0.4 is 10.1 Å². The van der Waals surface area contributed by atoms with Crippen LogP contribution in [-0.4, -0.2) is 50.9 Å². The number of nitrogens with one attached hydrogen (secondary N) is 1. The van der Waals surface area contributed by atoms with E-state index < -0.39 is 15.9 Å². The summed E-state index contributed by atoms with van der Waals surface area (Å²) in [5.41, 5.74) is 1.71. The normalized spacial score (nSPS) is 17.6. The molecule has 2 aromatic carbocycles. The maximum Gasteiger partial charge on any atom is 0.242 e. The summed E-state index contributed by atoms with van der Waals surface area (Å²) in [4.78, 5) is 15.0. The Morgan fingerprint density at radius 3 is 2.50 bits per heavy atom. The van der Waals surface area contributed by atoms with Crippen molar-refractivity contribution in [3.63, 3.8) is 0 Å². The molecule has 150 valence electrons. The van der Waals surface area contributed by atoms with Crippen LogP contribution in [-0.2, 0) is 21.2 Å². The van der Waals surface area contributed by atoms with Crippen molar-refractivity contribution in [1.29, 1.82) is 0 Å². The van der Waals surface area contributed by atoms with Gasteiger partial charge in [-0.2, -0.15) is 0 Å². The van der Waals surface area contributed by atoms with E-state index in [1.54, 1.807) is 7.11 Å². The third kappa shape index (κ3) is 5.12. The number of hydrogen-bond donors (Lipinski definition) is 1. The van der Waals surface area contributed by atoms with Crippen LogP contribution in [0.5, 0.6) is 5.75 Å². The number of methoxy groups -OCH3 is 1. The Hall–Kier alpha value is -1.90. The lowest BCUT2D eigenvalue weighted by Gasteiger charge is -2.33. The third-order valence-corrected chi connectivity index (χ3v) is 6.91. The molecule has 0 aromatic heterocycles. The van der Waals surface area contributed by atoms with Gasteiger partial charge in [0.2, 0.25) is 5.91 Å². The Bertz CT molecular complexity index is 920. The van der Waals surface area contributed by atoms with Crippen LogP contribution in [0.15, 0.2) is 53.0 Å². The van der Waals surface area contributed by atoms with Crippen molar-refractivity contribution in [3.8, 4) is 5.75 Å². The lowest BCUT2D eigenvalue weighted by molar-refractivity contribution is -0.126. The third-order valence-electron chi connectivity index (χ3n) is 4.80. The molecule has 1 aliphatic rings. The predicted molar refractivity (Wildman–Crippen MR) is 112 cm³/mol. The number of carbonyl (C=O) groups excluding carboxylic acids is 1. The Labute approximate surface area is 173 Å². The molecule has 0 spiro atoms. The fourth-order valence-electron chi connectivity index (χ4n) is 3.31. The summed E-state index contributed by atoms with van der Waals surface area (Å²) in [6.45, 7) is 1.00. The molecule has 3 rings (SSSR count). The Morgan fingerprint density at radius 1 is 1.18 bits per heavy atom. The Balaban J connectivity index is 1.79. The van der Waals surface area contributed by atoms with E-state index in [9.17, 15) is 13.2 Å². The van der Waals surface area contributed by atoms with Gasteiger partial charge in [-0.25, -0.2) is 8.42 Å². The first-order valence-electron chi connectivity index (χ1n) is 8.99. The monoisotopic (exact) mass is 466 g/mol. The van der Waals surface area contributed by atoms with Gasteiger partial charge in [-0.15, -0.1) is 0 Å². The summed E-state index contributed by atoms with van der Waals surface area (Å²) in [6, 6.07) is 14.5. The molecule has 0 aliphatic carbocycles. The van der Waals surface area contributed by atoms with Crippen molar-refractivity contribution < 1.29 is 17.9 Å². The van der Waals surface area contributed by atoms with Crippen molar-refractivity contribution in [2.24, 2.45) is 0 Å². The fourth-order valence-corrected chi connectivity index (χ4v) is 4.95. The van der Waals surface area contributed by atoms with Gasteiger partial charge in [0.05, 0.1) is 18.6 Å². The topological polar surface area (TPSA) is 75.7 Å². The highest BCUT2D eigenvalue weighted by atomic mass is 79.9. The van der Waals surface area contributed by atoms with Crippen molar-refractivity contribution in [2.45, 2.75) is 12.6 Å². The minimum Gasteiger partial charge on any atom is -0.496 e. The van der Waals surface area contributed by atoms with Crippen LogP contribution in [0.2, 0.25) is 0 Å². The van der Waals surface area contributed by atoms with Crippen molar-refractivity contribution in [2.75, 3.05) is 31.7 Å². The molecule has 0 bridgehead atoms. The van der Waals surface area contributed by atoms with Gasteiger partial charge >= 0.3 is 0 Å². The van der Waals surface area contributed by atoms with E-state index in [0.717, 1.165) is 15.6 Å². The zero-order chi connectivity index (χ0) is 20.1. The summed E-state index contributed by atoms with van der Waals surface area (Å²) in [5.74, 6) is 0.683. The fraction of sp³-hybridized carbons (Fsp3) is 0.350. The maximum atomic E-state index is 13.1. The van der Waals surface area contributed by atoms with Gasteiger partial charge in [0.15, 0.2) is 9.84 Å². The molecule has 1 heterocycles. The predicted octanol–water partition coefficient (Wildman–Crippen LogP) is 2.55. The molecule has 28 heavy (non-hydrogen) atoms. The highest BCUT2D eigenvalue weighted by molar-refractivity contribution is 9.10. The number of hydrogen-bond acceptors (Lipinski definition) is 5. The molecule has 1 amide bonds. The van der Waals surface area contributed by atoms with Crippen LogP contribution in [0.4, 0.5) is 0 Å². The average molecular weight is 467 g/mol. The molecule has 1 unspecified atom stereocenters. The van der Waals surface area contributed by atoms with E-state index in [1.165, 1.54) is 0 Å². The quantitative estimate of drug-likeness (QED) is 0.707. The van der Waals surface area contributed by atoms with Gasteiger partial charge in [-0.1, -0.05) is 46.3 Å². The lowest BCUT2D eigenvalue weighted by atomic mass is 10.0. The minimum absolute atomic E-state index is 0.0725. The summed E-state index contributed by atoms with van der Waals surface area (Å²) in [6.07, 6.45) is 0. The molecular formula is C20H23BrN2O4S. The first kappa shape index (κ1) is 20.8. The van der Waals surface area contributed by atoms with Gasteiger partial charge < -0.3 is 10.1 Å². The van der Waals surface area contributed by atoms with Crippen molar-refractivity contribution in [3.05, 3.63) is 64.1 Å².